The molecule has 7 nitrogen and oxygen atoms in total. The van der Waals surface area contributed by atoms with Crippen LogP contribution in [0.25, 0.3) is 0 Å². The minimum absolute atomic E-state index is 0.135. The zero-order valence-electron chi connectivity index (χ0n) is 16.1. The number of hydrogen-bond acceptors (Lipinski definition) is 3. The molecule has 2 aromatic rings. The summed E-state index contributed by atoms with van der Waals surface area (Å²) in [5.74, 6) is -0.864. The van der Waals surface area contributed by atoms with Crippen LogP contribution in [0.3, 0.4) is 0 Å². The Hall–Kier alpha value is -3.19. The third-order valence-electron chi connectivity index (χ3n) is 4.94. The van der Waals surface area contributed by atoms with Crippen molar-refractivity contribution in [1.29, 1.82) is 0 Å². The van der Waals surface area contributed by atoms with Crippen LogP contribution < -0.4 is 15.6 Å². The van der Waals surface area contributed by atoms with E-state index >= 15 is 0 Å². The summed E-state index contributed by atoms with van der Waals surface area (Å²) in [4.78, 5) is 38.8. The van der Waals surface area contributed by atoms with Crippen molar-refractivity contribution >= 4 is 17.8 Å². The van der Waals surface area contributed by atoms with Gasteiger partial charge in [0, 0.05) is 5.56 Å². The largest absolute Gasteiger partial charge is 0.344 e. The highest BCUT2D eigenvalue weighted by Crippen LogP contribution is 2.31. The van der Waals surface area contributed by atoms with E-state index in [1.807, 2.05) is 62.5 Å². The first-order valence-electron chi connectivity index (χ1n) is 9.33. The monoisotopic (exact) mass is 381 g/mol. The van der Waals surface area contributed by atoms with Crippen molar-refractivity contribution in [1.82, 2.24) is 15.8 Å². The first-order valence-corrected chi connectivity index (χ1v) is 9.33. The van der Waals surface area contributed by atoms with E-state index in [-0.39, 0.29) is 6.54 Å². The number of nitrogens with zero attached hydrogens (tertiary/aromatic N) is 1. The van der Waals surface area contributed by atoms with Crippen LogP contribution in [0.5, 0.6) is 0 Å². The van der Waals surface area contributed by atoms with Crippen LogP contribution >= 0.6 is 0 Å². The number of rotatable bonds is 7. The molecule has 0 spiro atoms. The fourth-order valence-electron chi connectivity index (χ4n) is 3.48. The van der Waals surface area contributed by atoms with Crippen LogP contribution in [-0.2, 0) is 21.7 Å². The zero-order valence-corrected chi connectivity index (χ0v) is 16.1. The fraction of sp³-hybridized carbons (Fsp3) is 0.286. The van der Waals surface area contributed by atoms with E-state index in [1.54, 1.807) is 12.1 Å². The summed E-state index contributed by atoms with van der Waals surface area (Å²) < 4.78 is 0. The Labute approximate surface area is 164 Å². The molecule has 1 aliphatic heterocycles. The molecule has 4 amide bonds. The second kappa shape index (κ2) is 8.22. The van der Waals surface area contributed by atoms with Crippen molar-refractivity contribution in [3.8, 4) is 0 Å². The van der Waals surface area contributed by atoms with Gasteiger partial charge in [-0.15, -0.1) is 0 Å². The number of carbonyl (C=O) groups is 3. The molecule has 0 bridgehead atoms. The molecule has 0 aliphatic carbocycles. The number of benzene rings is 2. The SMILES string of the molecule is CC[C@]1(c2ccccc2)NC(=O)N(NC(=O)C[NH+](C)Cc2ccccc2)C1=O. The molecule has 2 aromatic carbocycles. The van der Waals surface area contributed by atoms with Gasteiger partial charge in [0.1, 0.15) is 12.1 Å². The first-order chi connectivity index (χ1) is 13.5. The predicted molar refractivity (Wildman–Crippen MR) is 104 cm³/mol. The third kappa shape index (κ3) is 3.89. The lowest BCUT2D eigenvalue weighted by molar-refractivity contribution is -0.885. The van der Waals surface area contributed by atoms with Crippen LogP contribution in [0.2, 0.25) is 0 Å². The molecule has 1 aliphatic rings. The lowest BCUT2D eigenvalue weighted by Crippen LogP contribution is -3.09. The molecule has 1 heterocycles. The van der Waals surface area contributed by atoms with Crippen LogP contribution in [0.1, 0.15) is 24.5 Å². The second-order valence-electron chi connectivity index (χ2n) is 7.03. The highest BCUT2D eigenvalue weighted by molar-refractivity contribution is 6.08. The van der Waals surface area contributed by atoms with E-state index in [4.69, 9.17) is 0 Å². The first kappa shape index (κ1) is 19.6. The highest BCUT2D eigenvalue weighted by Gasteiger charge is 2.52. The molecule has 0 aromatic heterocycles. The van der Waals surface area contributed by atoms with E-state index < -0.39 is 23.4 Å². The molecule has 1 unspecified atom stereocenters. The van der Waals surface area contributed by atoms with E-state index in [0.29, 0.717) is 18.5 Å². The number of hydrogen-bond donors (Lipinski definition) is 3. The van der Waals surface area contributed by atoms with Gasteiger partial charge in [-0.3, -0.25) is 15.0 Å². The van der Waals surface area contributed by atoms with Crippen LogP contribution in [-0.4, -0.2) is 36.4 Å². The maximum Gasteiger partial charge on any atom is 0.344 e. The number of nitrogens with one attached hydrogen (secondary N) is 3. The summed E-state index contributed by atoms with van der Waals surface area (Å²) >= 11 is 0. The van der Waals surface area contributed by atoms with Crippen LogP contribution in [0, 0.1) is 0 Å². The lowest BCUT2D eigenvalue weighted by Gasteiger charge is -2.25. The van der Waals surface area contributed by atoms with E-state index in [2.05, 4.69) is 10.7 Å². The van der Waals surface area contributed by atoms with Gasteiger partial charge in [-0.1, -0.05) is 67.6 Å². The van der Waals surface area contributed by atoms with Crippen molar-refractivity contribution in [2.45, 2.75) is 25.4 Å². The standard InChI is InChI=1S/C21H24N4O3/c1-3-21(17-12-8-5-9-13-17)19(27)25(20(28)22-21)23-18(26)15-24(2)14-16-10-6-4-7-11-16/h4-13H,3,14-15H2,1-2H3,(H,22,28)(H,23,26)/p+1/t21-/m1/s1. The Bertz CT molecular complexity index is 856. The van der Waals surface area contributed by atoms with E-state index in [1.165, 1.54) is 0 Å². The minimum atomic E-state index is -1.16. The fourth-order valence-corrected chi connectivity index (χ4v) is 3.48. The predicted octanol–water partition coefficient (Wildman–Crippen LogP) is 0.590. The van der Waals surface area contributed by atoms with Gasteiger partial charge in [0.2, 0.25) is 0 Å². The van der Waals surface area contributed by atoms with Gasteiger partial charge >= 0.3 is 6.03 Å². The summed E-state index contributed by atoms with van der Waals surface area (Å²) in [6, 6.07) is 18.3. The Morgan fingerprint density at radius 2 is 1.68 bits per heavy atom. The number of imide groups is 1. The zero-order chi connectivity index (χ0) is 20.1. The highest BCUT2D eigenvalue weighted by atomic mass is 16.2. The molecule has 1 saturated heterocycles. The number of likely N-dealkylation sites (N-methyl/N-ethyl adjacent to an activating group) is 1. The smallest absolute Gasteiger partial charge is 0.326 e. The van der Waals surface area contributed by atoms with Gasteiger partial charge in [-0.2, -0.15) is 5.01 Å². The maximum absolute atomic E-state index is 13.0. The van der Waals surface area contributed by atoms with Crippen molar-refractivity contribution in [3.63, 3.8) is 0 Å². The van der Waals surface area contributed by atoms with Crippen molar-refractivity contribution in [2.24, 2.45) is 0 Å². The maximum atomic E-state index is 13.0. The average molecular weight is 381 g/mol. The van der Waals surface area contributed by atoms with Gasteiger partial charge < -0.3 is 10.2 Å². The van der Waals surface area contributed by atoms with Crippen molar-refractivity contribution in [2.75, 3.05) is 13.6 Å². The quantitative estimate of drug-likeness (QED) is 0.614. The number of urea groups is 1. The Morgan fingerprint density at radius 1 is 1.07 bits per heavy atom. The number of amides is 4. The average Bonchev–Trinajstić information content (AvgIpc) is 2.94. The molecule has 2 atom stereocenters. The molecule has 3 N–H and O–H groups in total. The van der Waals surface area contributed by atoms with Gasteiger partial charge in [0.15, 0.2) is 6.54 Å². The van der Waals surface area contributed by atoms with Crippen LogP contribution in [0.4, 0.5) is 4.79 Å². The molecular formula is C21H25N4O3+. The van der Waals surface area contributed by atoms with E-state index in [9.17, 15) is 14.4 Å². The summed E-state index contributed by atoms with van der Waals surface area (Å²) in [6.07, 6.45) is 0.382. The molecule has 3 rings (SSSR count). The molecular weight excluding hydrogens is 356 g/mol. The topological polar surface area (TPSA) is 83.0 Å². The summed E-state index contributed by atoms with van der Waals surface area (Å²) in [5.41, 5.74) is 3.11. The Kier molecular flexibility index (Phi) is 5.75. The van der Waals surface area contributed by atoms with Gasteiger partial charge in [-0.25, -0.2) is 4.79 Å². The van der Waals surface area contributed by atoms with E-state index in [0.717, 1.165) is 15.5 Å². The Morgan fingerprint density at radius 3 is 2.29 bits per heavy atom. The lowest BCUT2D eigenvalue weighted by atomic mass is 9.87. The summed E-state index contributed by atoms with van der Waals surface area (Å²) in [7, 11) is 1.89. The number of quaternary nitrogens is 1. The molecule has 0 saturated carbocycles. The molecule has 146 valence electrons. The van der Waals surface area contributed by atoms with Crippen LogP contribution in [0.15, 0.2) is 60.7 Å². The second-order valence-corrected chi connectivity index (χ2v) is 7.03. The Balaban J connectivity index is 1.66. The molecule has 0 radical (unpaired) electrons. The third-order valence-corrected chi connectivity index (χ3v) is 4.94. The number of hydrazine groups is 1. The number of carbonyl (C=O) groups excluding carboxylic acids is 3. The van der Waals surface area contributed by atoms with Gasteiger partial charge in [0.05, 0.1) is 7.05 Å². The van der Waals surface area contributed by atoms with Gasteiger partial charge in [0.25, 0.3) is 11.8 Å². The summed E-state index contributed by atoms with van der Waals surface area (Å²) in [6.45, 7) is 2.63. The minimum Gasteiger partial charge on any atom is -0.326 e. The molecule has 7 heteroatoms. The normalized spacial score (nSPS) is 20.0. The summed E-state index contributed by atoms with van der Waals surface area (Å²) in [5, 5.41) is 3.55. The molecule has 28 heavy (non-hydrogen) atoms. The van der Waals surface area contributed by atoms with Gasteiger partial charge in [-0.05, 0) is 12.0 Å². The van der Waals surface area contributed by atoms with Crippen molar-refractivity contribution < 1.29 is 19.3 Å². The van der Waals surface area contributed by atoms with Crippen molar-refractivity contribution in [3.05, 3.63) is 71.8 Å². The molecule has 1 fully saturated rings.